The van der Waals surface area contributed by atoms with Crippen molar-refractivity contribution in [3.8, 4) is 28.7 Å². The normalized spacial score (nSPS) is 23.3. The zero-order chi connectivity index (χ0) is 23.0. The van der Waals surface area contributed by atoms with Crippen LogP contribution < -0.4 is 23.7 Å². The van der Waals surface area contributed by atoms with Crippen LogP contribution in [0.2, 0.25) is 0 Å². The van der Waals surface area contributed by atoms with Gasteiger partial charge in [-0.2, -0.15) is 0 Å². The van der Waals surface area contributed by atoms with E-state index in [9.17, 15) is 15.0 Å². The Hall–Kier alpha value is -3.17. The van der Waals surface area contributed by atoms with Gasteiger partial charge in [0.25, 0.3) is 0 Å². The van der Waals surface area contributed by atoms with Crippen LogP contribution in [-0.4, -0.2) is 58.0 Å². The van der Waals surface area contributed by atoms with E-state index in [1.54, 1.807) is 24.3 Å². The summed E-state index contributed by atoms with van der Waals surface area (Å²) in [6, 6.07) is 6.96. The highest BCUT2D eigenvalue weighted by molar-refractivity contribution is 5.77. The van der Waals surface area contributed by atoms with Crippen molar-refractivity contribution >= 4 is 5.97 Å². The molecule has 32 heavy (non-hydrogen) atoms. The molecule has 172 valence electrons. The molecular formula is C23H26O9. The topological polar surface area (TPSA) is 113 Å². The summed E-state index contributed by atoms with van der Waals surface area (Å²) in [4.78, 5) is 13.0. The van der Waals surface area contributed by atoms with Gasteiger partial charge in [0.15, 0.2) is 23.0 Å². The Morgan fingerprint density at radius 1 is 0.969 bits per heavy atom. The zero-order valence-corrected chi connectivity index (χ0v) is 18.3. The van der Waals surface area contributed by atoms with Gasteiger partial charge in [0.1, 0.15) is 0 Å². The maximum absolute atomic E-state index is 13.0. The molecule has 2 N–H and O–H groups in total. The van der Waals surface area contributed by atoms with E-state index < -0.39 is 36.4 Å². The third-order valence-corrected chi connectivity index (χ3v) is 6.19. The Morgan fingerprint density at radius 2 is 1.56 bits per heavy atom. The maximum atomic E-state index is 13.0. The van der Waals surface area contributed by atoms with Crippen molar-refractivity contribution < 1.29 is 43.4 Å². The molecule has 4 atom stereocenters. The molecule has 2 aromatic carbocycles. The molecule has 0 unspecified atom stereocenters. The van der Waals surface area contributed by atoms with E-state index in [-0.39, 0.29) is 6.79 Å². The van der Waals surface area contributed by atoms with Crippen LogP contribution in [0, 0.1) is 11.8 Å². The SMILES string of the molecule is COC(=O)[C@H]1[C@H](c2cc(OC)c(OC)c(OC)c2)c2cc3c(cc2[C@@H](O)[C@H]1CO)OCO3. The second kappa shape index (κ2) is 8.76. The summed E-state index contributed by atoms with van der Waals surface area (Å²) in [6.07, 6.45) is -1.10. The van der Waals surface area contributed by atoms with Crippen molar-refractivity contribution in [3.63, 3.8) is 0 Å². The van der Waals surface area contributed by atoms with Gasteiger partial charge in [0.05, 0.1) is 40.5 Å². The number of carbonyl (C=O) groups excluding carboxylic acids is 1. The number of aliphatic hydroxyl groups is 2. The van der Waals surface area contributed by atoms with Gasteiger partial charge in [-0.15, -0.1) is 0 Å². The van der Waals surface area contributed by atoms with Crippen molar-refractivity contribution in [2.75, 3.05) is 41.8 Å². The summed E-state index contributed by atoms with van der Waals surface area (Å²) >= 11 is 0. The Balaban J connectivity index is 1.99. The minimum absolute atomic E-state index is 0.0625. The monoisotopic (exact) mass is 446 g/mol. The van der Waals surface area contributed by atoms with Crippen molar-refractivity contribution in [1.29, 1.82) is 0 Å². The fourth-order valence-corrected chi connectivity index (χ4v) is 4.69. The molecule has 1 aliphatic carbocycles. The first-order valence-corrected chi connectivity index (χ1v) is 10.1. The third kappa shape index (κ3) is 3.37. The summed E-state index contributed by atoms with van der Waals surface area (Å²) in [5.74, 6) is -0.576. The van der Waals surface area contributed by atoms with Gasteiger partial charge < -0.3 is 38.6 Å². The summed E-state index contributed by atoms with van der Waals surface area (Å²) in [6.45, 7) is -0.358. The Labute approximate surface area is 185 Å². The van der Waals surface area contributed by atoms with Crippen LogP contribution in [0.1, 0.15) is 28.7 Å². The lowest BCUT2D eigenvalue weighted by Gasteiger charge is -2.40. The predicted octanol–water partition coefficient (Wildman–Crippen LogP) is 2.02. The van der Waals surface area contributed by atoms with Gasteiger partial charge in [0.2, 0.25) is 12.5 Å². The van der Waals surface area contributed by atoms with Crippen LogP contribution in [0.25, 0.3) is 0 Å². The van der Waals surface area contributed by atoms with Gasteiger partial charge in [-0.3, -0.25) is 4.79 Å². The number of aliphatic hydroxyl groups excluding tert-OH is 2. The van der Waals surface area contributed by atoms with Crippen molar-refractivity contribution in [2.24, 2.45) is 11.8 Å². The highest BCUT2D eigenvalue weighted by Gasteiger charge is 2.48. The Bertz CT molecular complexity index is 994. The summed E-state index contributed by atoms with van der Waals surface area (Å²) in [5.41, 5.74) is 1.88. The van der Waals surface area contributed by atoms with Crippen LogP contribution in [0.3, 0.4) is 0 Å². The molecule has 0 radical (unpaired) electrons. The first-order chi connectivity index (χ1) is 15.5. The summed E-state index contributed by atoms with van der Waals surface area (Å²) < 4.78 is 32.5. The van der Waals surface area contributed by atoms with Crippen LogP contribution in [0.5, 0.6) is 28.7 Å². The highest BCUT2D eigenvalue weighted by Crippen LogP contribution is 2.53. The standard InChI is InChI=1S/C23H26O9/c1-27-17-5-11(6-18(28-2)22(17)29-3)19-12-7-15-16(32-10-31-15)8-13(12)21(25)14(9-24)20(19)23(26)30-4/h5-8,14,19-21,24-25H,9-10H2,1-4H3/t14-,19+,20+,21+/m0/s1. The number of methoxy groups -OCH3 is 4. The smallest absolute Gasteiger partial charge is 0.310 e. The van der Waals surface area contributed by atoms with Crippen molar-refractivity contribution in [3.05, 3.63) is 41.0 Å². The van der Waals surface area contributed by atoms with E-state index in [4.69, 9.17) is 28.4 Å². The number of carbonyl (C=O) groups is 1. The number of hydrogen-bond acceptors (Lipinski definition) is 9. The zero-order valence-electron chi connectivity index (χ0n) is 18.3. The van der Waals surface area contributed by atoms with E-state index in [0.717, 1.165) is 0 Å². The van der Waals surface area contributed by atoms with Crippen LogP contribution >= 0.6 is 0 Å². The summed E-state index contributed by atoms with van der Waals surface area (Å²) in [7, 11) is 5.80. The van der Waals surface area contributed by atoms with Crippen LogP contribution in [0.15, 0.2) is 24.3 Å². The van der Waals surface area contributed by atoms with E-state index >= 15 is 0 Å². The highest BCUT2D eigenvalue weighted by atomic mass is 16.7. The predicted molar refractivity (Wildman–Crippen MR) is 112 cm³/mol. The molecule has 0 saturated heterocycles. The fourth-order valence-electron chi connectivity index (χ4n) is 4.69. The number of fused-ring (bicyclic) bond motifs is 2. The largest absolute Gasteiger partial charge is 0.493 e. The molecule has 9 heteroatoms. The lowest BCUT2D eigenvalue weighted by molar-refractivity contribution is -0.152. The molecule has 1 heterocycles. The average molecular weight is 446 g/mol. The maximum Gasteiger partial charge on any atom is 0.310 e. The second-order valence-corrected chi connectivity index (χ2v) is 7.61. The van der Waals surface area contributed by atoms with Gasteiger partial charge in [0, 0.05) is 18.4 Å². The molecule has 9 nitrogen and oxygen atoms in total. The molecule has 0 fully saturated rings. The van der Waals surface area contributed by atoms with E-state index in [1.807, 2.05) is 0 Å². The Kier molecular flexibility index (Phi) is 6.03. The molecular weight excluding hydrogens is 420 g/mol. The fraction of sp³-hybridized carbons (Fsp3) is 0.435. The van der Waals surface area contributed by atoms with Gasteiger partial charge in [-0.05, 0) is 41.0 Å². The molecule has 0 aromatic heterocycles. The van der Waals surface area contributed by atoms with Crippen LogP contribution in [0.4, 0.5) is 0 Å². The Morgan fingerprint density at radius 3 is 2.06 bits per heavy atom. The minimum Gasteiger partial charge on any atom is -0.493 e. The molecule has 0 saturated carbocycles. The molecule has 1 aliphatic heterocycles. The molecule has 2 aliphatic rings. The molecule has 0 bridgehead atoms. The molecule has 0 spiro atoms. The molecule has 4 rings (SSSR count). The average Bonchev–Trinajstić information content (AvgIpc) is 3.28. The number of benzene rings is 2. The van der Waals surface area contributed by atoms with E-state index in [2.05, 4.69) is 0 Å². The third-order valence-electron chi connectivity index (χ3n) is 6.19. The van der Waals surface area contributed by atoms with E-state index in [1.165, 1.54) is 28.4 Å². The number of ether oxygens (including phenoxy) is 6. The van der Waals surface area contributed by atoms with Crippen molar-refractivity contribution in [1.82, 2.24) is 0 Å². The first kappa shape index (κ1) is 22.0. The quantitative estimate of drug-likeness (QED) is 0.644. The number of rotatable bonds is 6. The van der Waals surface area contributed by atoms with Gasteiger partial charge >= 0.3 is 5.97 Å². The molecule has 0 amide bonds. The summed E-state index contributed by atoms with van der Waals surface area (Å²) in [5, 5.41) is 21.2. The second-order valence-electron chi connectivity index (χ2n) is 7.61. The lowest BCUT2D eigenvalue weighted by Crippen LogP contribution is -2.41. The van der Waals surface area contributed by atoms with Crippen LogP contribution in [-0.2, 0) is 9.53 Å². The van der Waals surface area contributed by atoms with Gasteiger partial charge in [-0.25, -0.2) is 0 Å². The van der Waals surface area contributed by atoms with Gasteiger partial charge in [-0.1, -0.05) is 0 Å². The minimum atomic E-state index is -1.10. The lowest BCUT2D eigenvalue weighted by atomic mass is 9.65. The van der Waals surface area contributed by atoms with E-state index in [0.29, 0.717) is 45.4 Å². The first-order valence-electron chi connectivity index (χ1n) is 10.1. The molecule has 2 aromatic rings. The number of esters is 1. The number of hydrogen-bond donors (Lipinski definition) is 2. The van der Waals surface area contributed by atoms with Crippen molar-refractivity contribution in [2.45, 2.75) is 12.0 Å².